The standard InChI is InChI=1S/C25H28F3N7O5/c1-34(2)20(36)8-4-3-6-17(33-24(39)40)22(37)32-18-7-5-11-35(23(18)38)13-15-12-19-21(31-15)16(29-14-30-19)9-10-25(26,27)28/h4-5,7-8,11-12,14,17,31,33H,3,6,9-10,13H2,1-2H3,(H,32,37)(H,39,40)/b8-4+/t17-/m0/s1. The molecule has 214 valence electrons. The maximum absolute atomic E-state index is 13.0. The molecule has 15 heteroatoms. The number of amides is 3. The number of aryl methyl sites for hydroxylation is 1. The van der Waals surface area contributed by atoms with Crippen LogP contribution in [0.3, 0.4) is 0 Å². The monoisotopic (exact) mass is 563 g/mol. The average molecular weight is 564 g/mol. The molecule has 0 saturated heterocycles. The van der Waals surface area contributed by atoms with E-state index in [1.165, 1.54) is 46.3 Å². The number of alkyl halides is 3. The van der Waals surface area contributed by atoms with Crippen molar-refractivity contribution < 1.29 is 32.7 Å². The zero-order chi connectivity index (χ0) is 29.4. The summed E-state index contributed by atoms with van der Waals surface area (Å²) in [7, 11) is 3.15. The number of rotatable bonds is 11. The van der Waals surface area contributed by atoms with Crippen LogP contribution in [0.2, 0.25) is 0 Å². The Balaban J connectivity index is 1.74. The average Bonchev–Trinajstić information content (AvgIpc) is 3.29. The van der Waals surface area contributed by atoms with Gasteiger partial charge in [-0.25, -0.2) is 14.8 Å². The normalized spacial score (nSPS) is 12.4. The number of hydrogen-bond acceptors (Lipinski definition) is 6. The first-order valence-electron chi connectivity index (χ1n) is 12.1. The zero-order valence-electron chi connectivity index (χ0n) is 21.7. The Morgan fingerprint density at radius 1 is 1.25 bits per heavy atom. The van der Waals surface area contributed by atoms with Crippen LogP contribution in [0.4, 0.5) is 23.7 Å². The van der Waals surface area contributed by atoms with E-state index >= 15 is 0 Å². The first-order valence-corrected chi connectivity index (χ1v) is 12.1. The SMILES string of the molecule is CN(C)C(=O)/C=C/CC[C@H](NC(=O)O)C(=O)Nc1cccn(Cc2cc3ncnc(CCC(F)(F)F)c3[nH]2)c1=O. The van der Waals surface area contributed by atoms with Gasteiger partial charge in [-0.1, -0.05) is 6.08 Å². The molecule has 3 aromatic rings. The van der Waals surface area contributed by atoms with Gasteiger partial charge in [-0.3, -0.25) is 14.4 Å². The molecule has 3 heterocycles. The van der Waals surface area contributed by atoms with Crippen LogP contribution in [0.25, 0.3) is 11.0 Å². The van der Waals surface area contributed by atoms with E-state index in [0.29, 0.717) is 16.7 Å². The van der Waals surface area contributed by atoms with Gasteiger partial charge in [0.15, 0.2) is 0 Å². The minimum atomic E-state index is -4.34. The number of fused-ring (bicyclic) bond motifs is 1. The quantitative estimate of drug-likeness (QED) is 0.261. The van der Waals surface area contributed by atoms with Gasteiger partial charge in [0.1, 0.15) is 18.1 Å². The van der Waals surface area contributed by atoms with Gasteiger partial charge in [-0.05, 0) is 37.1 Å². The lowest BCUT2D eigenvalue weighted by Crippen LogP contribution is -2.44. The number of allylic oxidation sites excluding steroid dienone is 1. The summed E-state index contributed by atoms with van der Waals surface area (Å²) in [5.41, 5.74) is 0.693. The van der Waals surface area contributed by atoms with E-state index in [-0.39, 0.29) is 43.1 Å². The van der Waals surface area contributed by atoms with E-state index in [4.69, 9.17) is 5.11 Å². The van der Waals surface area contributed by atoms with Gasteiger partial charge < -0.3 is 30.2 Å². The van der Waals surface area contributed by atoms with Crippen molar-refractivity contribution in [1.82, 2.24) is 29.7 Å². The van der Waals surface area contributed by atoms with Crippen LogP contribution in [0, 0.1) is 0 Å². The summed E-state index contributed by atoms with van der Waals surface area (Å²) in [6.45, 7) is -0.0148. The molecule has 0 fully saturated rings. The van der Waals surface area contributed by atoms with Gasteiger partial charge in [0, 0.05) is 38.8 Å². The van der Waals surface area contributed by atoms with Crippen molar-refractivity contribution in [2.75, 3.05) is 19.4 Å². The van der Waals surface area contributed by atoms with Gasteiger partial charge in [0.2, 0.25) is 11.8 Å². The number of aromatic amines is 1. The summed E-state index contributed by atoms with van der Waals surface area (Å²) in [4.78, 5) is 61.0. The Kier molecular flexibility index (Phi) is 9.63. The number of halogens is 3. The number of aromatic nitrogens is 4. The number of anilines is 1. The minimum absolute atomic E-state index is 0.0148. The van der Waals surface area contributed by atoms with E-state index in [1.54, 1.807) is 20.2 Å². The summed E-state index contributed by atoms with van der Waals surface area (Å²) >= 11 is 0. The number of nitrogens with zero attached hydrogens (tertiary/aromatic N) is 4. The number of likely N-dealkylation sites (N-methyl/N-ethyl adjacent to an activating group) is 1. The molecule has 40 heavy (non-hydrogen) atoms. The molecule has 0 aliphatic heterocycles. The molecular formula is C25H28F3N7O5. The highest BCUT2D eigenvalue weighted by Crippen LogP contribution is 2.24. The van der Waals surface area contributed by atoms with Crippen LogP contribution < -0.4 is 16.2 Å². The number of nitrogens with one attached hydrogen (secondary N) is 3. The van der Waals surface area contributed by atoms with Gasteiger partial charge >= 0.3 is 12.3 Å². The topological polar surface area (TPSA) is 162 Å². The van der Waals surface area contributed by atoms with Crippen LogP contribution in [0.1, 0.15) is 30.7 Å². The molecule has 12 nitrogen and oxygen atoms in total. The van der Waals surface area contributed by atoms with E-state index in [0.717, 1.165) is 0 Å². The third-order valence-electron chi connectivity index (χ3n) is 5.75. The number of hydrogen-bond donors (Lipinski definition) is 4. The van der Waals surface area contributed by atoms with Crippen molar-refractivity contribution in [3.05, 3.63) is 64.6 Å². The highest BCUT2D eigenvalue weighted by Gasteiger charge is 2.27. The van der Waals surface area contributed by atoms with Gasteiger partial charge in [-0.15, -0.1) is 0 Å². The van der Waals surface area contributed by atoms with Crippen molar-refractivity contribution in [3.63, 3.8) is 0 Å². The molecule has 0 saturated carbocycles. The van der Waals surface area contributed by atoms with Crippen molar-refractivity contribution in [1.29, 1.82) is 0 Å². The molecule has 0 bridgehead atoms. The van der Waals surface area contributed by atoms with Gasteiger partial charge in [0.25, 0.3) is 5.56 Å². The smallest absolute Gasteiger partial charge is 0.405 e. The molecule has 3 aromatic heterocycles. The van der Waals surface area contributed by atoms with Crippen molar-refractivity contribution in [3.8, 4) is 0 Å². The fourth-order valence-electron chi connectivity index (χ4n) is 3.75. The number of carbonyl (C=O) groups is 3. The summed E-state index contributed by atoms with van der Waals surface area (Å²) in [5.74, 6) is -1.03. The second kappa shape index (κ2) is 12.9. The Morgan fingerprint density at radius 3 is 2.67 bits per heavy atom. The van der Waals surface area contributed by atoms with Crippen LogP contribution >= 0.6 is 0 Å². The summed E-state index contributed by atoms with van der Waals surface area (Å²) < 4.78 is 39.3. The van der Waals surface area contributed by atoms with Crippen LogP contribution in [-0.4, -0.2) is 73.7 Å². The van der Waals surface area contributed by atoms with Crippen LogP contribution in [0.5, 0.6) is 0 Å². The predicted octanol–water partition coefficient (Wildman–Crippen LogP) is 2.66. The first-order chi connectivity index (χ1) is 18.8. The molecule has 0 aliphatic rings. The molecule has 0 aromatic carbocycles. The predicted molar refractivity (Wildman–Crippen MR) is 139 cm³/mol. The maximum Gasteiger partial charge on any atom is 0.405 e. The Hall–Kier alpha value is -4.69. The lowest BCUT2D eigenvalue weighted by Gasteiger charge is -2.16. The third-order valence-corrected chi connectivity index (χ3v) is 5.75. The van der Waals surface area contributed by atoms with E-state index in [9.17, 15) is 32.3 Å². The first kappa shape index (κ1) is 29.9. The van der Waals surface area contributed by atoms with E-state index in [1.807, 2.05) is 0 Å². The zero-order valence-corrected chi connectivity index (χ0v) is 21.7. The molecule has 4 N–H and O–H groups in total. The molecule has 0 radical (unpaired) electrons. The largest absolute Gasteiger partial charge is 0.465 e. The number of pyridine rings is 1. The summed E-state index contributed by atoms with van der Waals surface area (Å²) in [6, 6.07) is 3.25. The highest BCUT2D eigenvalue weighted by molar-refractivity contribution is 5.96. The third kappa shape index (κ3) is 8.41. The van der Waals surface area contributed by atoms with E-state index < -0.39 is 36.2 Å². The van der Waals surface area contributed by atoms with Crippen molar-refractivity contribution in [2.45, 2.75) is 44.4 Å². The Bertz CT molecular complexity index is 1460. The molecule has 3 amide bonds. The summed E-state index contributed by atoms with van der Waals surface area (Å²) in [5, 5.41) is 13.7. The van der Waals surface area contributed by atoms with E-state index in [2.05, 4.69) is 25.6 Å². The molecule has 3 rings (SSSR count). The second-order valence-electron chi connectivity index (χ2n) is 9.05. The molecule has 0 unspecified atom stereocenters. The summed E-state index contributed by atoms with van der Waals surface area (Å²) in [6.07, 6.45) is -1.46. The molecule has 0 aliphatic carbocycles. The van der Waals surface area contributed by atoms with Crippen molar-refractivity contribution >= 4 is 34.6 Å². The number of H-pyrrole nitrogens is 1. The van der Waals surface area contributed by atoms with Crippen LogP contribution in [-0.2, 0) is 22.6 Å². The number of carboxylic acid groups (broad SMARTS) is 1. The second-order valence-corrected chi connectivity index (χ2v) is 9.05. The van der Waals surface area contributed by atoms with Gasteiger partial charge in [-0.2, -0.15) is 13.2 Å². The highest BCUT2D eigenvalue weighted by atomic mass is 19.4. The Labute approximate surface area is 225 Å². The van der Waals surface area contributed by atoms with Crippen molar-refractivity contribution in [2.24, 2.45) is 0 Å². The lowest BCUT2D eigenvalue weighted by molar-refractivity contribution is -0.134. The fraction of sp³-hybridized carbons (Fsp3) is 0.360. The molecule has 0 spiro atoms. The molecular weight excluding hydrogens is 535 g/mol. The maximum atomic E-state index is 13.0. The molecule has 1 atom stereocenters. The lowest BCUT2D eigenvalue weighted by atomic mass is 10.1. The van der Waals surface area contributed by atoms with Gasteiger partial charge in [0.05, 0.1) is 23.3 Å². The fourth-order valence-corrected chi connectivity index (χ4v) is 3.75. The minimum Gasteiger partial charge on any atom is -0.465 e. The van der Waals surface area contributed by atoms with Crippen LogP contribution in [0.15, 0.2) is 47.7 Å². The number of carbonyl (C=O) groups excluding carboxylic acids is 2. The Morgan fingerprint density at radius 2 is 2.00 bits per heavy atom.